The van der Waals surface area contributed by atoms with Gasteiger partial charge in [-0.05, 0) is 54.4 Å². The molecule has 2 N–H and O–H groups in total. The summed E-state index contributed by atoms with van der Waals surface area (Å²) in [5.41, 5.74) is 1.64. The van der Waals surface area contributed by atoms with Crippen LogP contribution in [-0.4, -0.2) is 22.5 Å². The Labute approximate surface area is 195 Å². The smallest absolute Gasteiger partial charge is 0.224 e. The summed E-state index contributed by atoms with van der Waals surface area (Å²) in [6.07, 6.45) is 5.78. The van der Waals surface area contributed by atoms with Gasteiger partial charge >= 0.3 is 0 Å². The van der Waals surface area contributed by atoms with Crippen LogP contribution < -0.4 is 5.32 Å². The van der Waals surface area contributed by atoms with Crippen molar-refractivity contribution in [2.24, 2.45) is 10.2 Å². The number of benzene rings is 2. The SMILES string of the molecule is CCCCCCCC(=O)Nc1cc(N=Nc2snc3ccc(SOOC)cc23)ccc1O. The van der Waals surface area contributed by atoms with Gasteiger partial charge in [0.2, 0.25) is 5.91 Å². The number of carbonyl (C=O) groups is 1. The number of hydrogen-bond acceptors (Lipinski definition) is 9. The summed E-state index contributed by atoms with van der Waals surface area (Å²) in [5, 5.41) is 22.9. The van der Waals surface area contributed by atoms with Crippen LogP contribution in [0.25, 0.3) is 10.9 Å². The molecule has 0 bridgehead atoms. The molecule has 0 aliphatic rings. The molecule has 1 aromatic heterocycles. The summed E-state index contributed by atoms with van der Waals surface area (Å²) in [4.78, 5) is 17.7. The van der Waals surface area contributed by atoms with Gasteiger partial charge in [-0.2, -0.15) is 8.71 Å². The zero-order chi connectivity index (χ0) is 22.8. The zero-order valence-corrected chi connectivity index (χ0v) is 19.7. The predicted molar refractivity (Wildman–Crippen MR) is 128 cm³/mol. The van der Waals surface area contributed by atoms with E-state index in [1.54, 1.807) is 12.1 Å². The summed E-state index contributed by atoms with van der Waals surface area (Å²) < 4.78 is 9.28. The van der Waals surface area contributed by atoms with E-state index in [9.17, 15) is 9.90 Å². The molecule has 170 valence electrons. The first-order chi connectivity index (χ1) is 15.6. The second-order valence-corrected chi connectivity index (χ2v) is 8.62. The number of unbranched alkanes of at least 4 members (excludes halogenated alkanes) is 4. The van der Waals surface area contributed by atoms with E-state index in [0.29, 0.717) is 22.8 Å². The van der Waals surface area contributed by atoms with E-state index >= 15 is 0 Å². The fourth-order valence-electron chi connectivity index (χ4n) is 3.00. The van der Waals surface area contributed by atoms with Crippen LogP contribution in [-0.2, 0) is 14.0 Å². The maximum Gasteiger partial charge on any atom is 0.224 e. The topological polar surface area (TPSA) is 105 Å². The van der Waals surface area contributed by atoms with Crippen LogP contribution in [0, 0.1) is 0 Å². The van der Waals surface area contributed by atoms with Crippen LogP contribution in [0.5, 0.6) is 5.75 Å². The normalized spacial score (nSPS) is 11.4. The van der Waals surface area contributed by atoms with Crippen molar-refractivity contribution in [1.82, 2.24) is 4.37 Å². The maximum absolute atomic E-state index is 12.2. The second kappa shape index (κ2) is 12.5. The third-order valence-corrected chi connectivity index (χ3v) is 6.06. The number of aromatic nitrogens is 1. The molecule has 0 saturated carbocycles. The third-order valence-electron chi connectivity index (χ3n) is 4.65. The Balaban J connectivity index is 1.67. The number of fused-ring (bicyclic) bond motifs is 1. The third kappa shape index (κ3) is 6.99. The molecule has 1 amide bonds. The van der Waals surface area contributed by atoms with Gasteiger partial charge in [0.1, 0.15) is 5.75 Å². The number of anilines is 1. The van der Waals surface area contributed by atoms with Crippen LogP contribution in [0.3, 0.4) is 0 Å². The Hall–Kier alpha value is -2.53. The van der Waals surface area contributed by atoms with E-state index < -0.39 is 0 Å². The number of azo groups is 1. The van der Waals surface area contributed by atoms with Gasteiger partial charge in [-0.3, -0.25) is 4.79 Å². The molecule has 0 fully saturated rings. The van der Waals surface area contributed by atoms with Crippen molar-refractivity contribution >= 4 is 56.8 Å². The highest BCUT2D eigenvalue weighted by atomic mass is 32.2. The standard InChI is InChI=1S/C22H26N4O4S2/c1-3-4-5-6-7-8-21(28)23-19-13-15(9-12-20(19)27)24-25-22-17-14-16(32-30-29-2)10-11-18(17)26-31-22/h9-14,27H,3-8H2,1-2H3,(H,23,28). The summed E-state index contributed by atoms with van der Waals surface area (Å²) >= 11 is 2.33. The van der Waals surface area contributed by atoms with Crippen molar-refractivity contribution < 1.29 is 19.1 Å². The molecular weight excluding hydrogens is 448 g/mol. The largest absolute Gasteiger partial charge is 0.506 e. The first-order valence-corrected chi connectivity index (χ1v) is 11.9. The molecule has 1 heterocycles. The number of rotatable bonds is 12. The van der Waals surface area contributed by atoms with Crippen LogP contribution in [0.1, 0.15) is 45.4 Å². The molecule has 2 aromatic carbocycles. The first kappa shape index (κ1) is 24.1. The summed E-state index contributed by atoms with van der Waals surface area (Å²) in [6.45, 7) is 2.16. The molecule has 0 radical (unpaired) electrons. The molecule has 0 atom stereocenters. The van der Waals surface area contributed by atoms with E-state index in [1.165, 1.54) is 37.6 Å². The summed E-state index contributed by atoms with van der Waals surface area (Å²) in [5.74, 6) is -0.131. The molecule has 0 aliphatic carbocycles. The average Bonchev–Trinajstić information content (AvgIpc) is 3.20. The van der Waals surface area contributed by atoms with Crippen molar-refractivity contribution in [2.75, 3.05) is 12.4 Å². The van der Waals surface area contributed by atoms with Gasteiger partial charge in [-0.15, -0.1) is 10.2 Å². The Morgan fingerprint density at radius 3 is 2.81 bits per heavy atom. The molecule has 0 aliphatic heterocycles. The number of phenols is 1. The van der Waals surface area contributed by atoms with Crippen LogP contribution >= 0.6 is 23.6 Å². The number of phenolic OH excluding ortho intramolecular Hbond substituents is 1. The lowest BCUT2D eigenvalue weighted by molar-refractivity contribution is -0.160. The van der Waals surface area contributed by atoms with Crippen molar-refractivity contribution in [1.29, 1.82) is 0 Å². The molecule has 0 spiro atoms. The van der Waals surface area contributed by atoms with E-state index in [4.69, 9.17) is 4.33 Å². The fourth-order valence-corrected chi connectivity index (χ4v) is 4.12. The highest BCUT2D eigenvalue weighted by Gasteiger charge is 2.10. The predicted octanol–water partition coefficient (Wildman–Crippen LogP) is 7.30. The molecule has 3 rings (SSSR count). The molecule has 10 heteroatoms. The van der Waals surface area contributed by atoms with Gasteiger partial charge in [0.05, 0.1) is 36.0 Å². The maximum atomic E-state index is 12.2. The Morgan fingerprint density at radius 1 is 1.16 bits per heavy atom. The molecule has 0 saturated heterocycles. The van der Waals surface area contributed by atoms with Crippen molar-refractivity contribution in [2.45, 2.75) is 50.3 Å². The number of nitrogens with one attached hydrogen (secondary N) is 1. The van der Waals surface area contributed by atoms with E-state index in [0.717, 1.165) is 47.1 Å². The lowest BCUT2D eigenvalue weighted by atomic mass is 10.1. The number of carbonyl (C=O) groups excluding carboxylic acids is 1. The zero-order valence-electron chi connectivity index (χ0n) is 18.0. The van der Waals surface area contributed by atoms with Gasteiger partial charge in [-0.25, -0.2) is 4.89 Å². The van der Waals surface area contributed by atoms with E-state index in [2.05, 4.69) is 31.7 Å². The highest BCUT2D eigenvalue weighted by Crippen LogP contribution is 2.36. The van der Waals surface area contributed by atoms with Crippen molar-refractivity contribution in [3.8, 4) is 5.75 Å². The van der Waals surface area contributed by atoms with Gasteiger partial charge in [0.25, 0.3) is 0 Å². The number of hydrogen-bond donors (Lipinski definition) is 2. The van der Waals surface area contributed by atoms with Gasteiger partial charge in [-0.1, -0.05) is 32.6 Å². The van der Waals surface area contributed by atoms with Crippen LogP contribution in [0.4, 0.5) is 16.4 Å². The average molecular weight is 475 g/mol. The van der Waals surface area contributed by atoms with Crippen molar-refractivity contribution in [3.05, 3.63) is 36.4 Å². The Bertz CT molecular complexity index is 1070. The quantitative estimate of drug-likeness (QED) is 0.0712. The molecule has 3 aromatic rings. The van der Waals surface area contributed by atoms with Crippen LogP contribution in [0.15, 0.2) is 51.5 Å². The number of nitrogens with zero attached hydrogens (tertiary/aromatic N) is 3. The lowest BCUT2D eigenvalue weighted by Gasteiger charge is -2.08. The van der Waals surface area contributed by atoms with E-state index in [-0.39, 0.29) is 11.7 Å². The van der Waals surface area contributed by atoms with Gasteiger partial charge in [0, 0.05) is 16.7 Å². The monoisotopic (exact) mass is 474 g/mol. The van der Waals surface area contributed by atoms with Crippen molar-refractivity contribution in [3.63, 3.8) is 0 Å². The van der Waals surface area contributed by atoms with E-state index in [1.807, 2.05) is 18.2 Å². The minimum atomic E-state index is -0.123. The Kier molecular flexibility index (Phi) is 9.42. The minimum Gasteiger partial charge on any atom is -0.506 e. The number of amides is 1. The molecule has 0 unspecified atom stereocenters. The second-order valence-electron chi connectivity index (χ2n) is 7.10. The summed E-state index contributed by atoms with van der Waals surface area (Å²) in [6, 6.07) is 10.4. The lowest BCUT2D eigenvalue weighted by Crippen LogP contribution is -2.11. The van der Waals surface area contributed by atoms with Gasteiger partial charge < -0.3 is 10.4 Å². The Morgan fingerprint density at radius 2 is 2.00 bits per heavy atom. The molecule has 8 nitrogen and oxygen atoms in total. The molecule has 32 heavy (non-hydrogen) atoms. The fraction of sp³-hybridized carbons (Fsp3) is 0.364. The summed E-state index contributed by atoms with van der Waals surface area (Å²) in [7, 11) is 1.44. The molecular formula is C22H26N4O4S2. The first-order valence-electron chi connectivity index (χ1n) is 10.4. The van der Waals surface area contributed by atoms with Crippen LogP contribution in [0.2, 0.25) is 0 Å². The van der Waals surface area contributed by atoms with Gasteiger partial charge in [0.15, 0.2) is 5.00 Å². The highest BCUT2D eigenvalue weighted by molar-refractivity contribution is 7.94. The number of aromatic hydroxyl groups is 1. The minimum absolute atomic E-state index is 0.00803.